The van der Waals surface area contributed by atoms with Crippen LogP contribution in [0.1, 0.15) is 25.7 Å². The summed E-state index contributed by atoms with van der Waals surface area (Å²) < 4.78 is 25.5. The van der Waals surface area contributed by atoms with Gasteiger partial charge in [0.25, 0.3) is 6.01 Å². The second-order valence-corrected chi connectivity index (χ2v) is 8.87. The molecular weight excluding hydrogens is 451 g/mol. The molecular formula is C23H24ClFN4O4. The fourth-order valence-electron chi connectivity index (χ4n) is 4.34. The van der Waals surface area contributed by atoms with Crippen molar-refractivity contribution in [3.8, 4) is 17.3 Å². The van der Waals surface area contributed by atoms with E-state index < -0.39 is 11.6 Å². The van der Waals surface area contributed by atoms with Crippen LogP contribution in [0.25, 0.3) is 22.4 Å². The number of aromatic amines is 1. The molecule has 5 rings (SSSR count). The Morgan fingerprint density at radius 3 is 2.58 bits per heavy atom. The first-order valence-corrected chi connectivity index (χ1v) is 11.4. The Labute approximate surface area is 194 Å². The van der Waals surface area contributed by atoms with Crippen LogP contribution in [0.2, 0.25) is 5.02 Å². The van der Waals surface area contributed by atoms with E-state index in [4.69, 9.17) is 26.2 Å². The Morgan fingerprint density at radius 1 is 1.21 bits per heavy atom. The molecule has 0 atom stereocenters. The van der Waals surface area contributed by atoms with E-state index >= 15 is 0 Å². The third kappa shape index (κ3) is 4.47. The van der Waals surface area contributed by atoms with Gasteiger partial charge >= 0.3 is 5.97 Å². The fraction of sp³-hybridized carbons (Fsp3) is 0.435. The van der Waals surface area contributed by atoms with Crippen LogP contribution in [0.4, 0.5) is 10.1 Å². The van der Waals surface area contributed by atoms with Crippen molar-refractivity contribution >= 4 is 34.4 Å². The molecule has 0 spiro atoms. The van der Waals surface area contributed by atoms with Crippen molar-refractivity contribution in [2.45, 2.75) is 37.5 Å². The van der Waals surface area contributed by atoms with E-state index in [2.05, 4.69) is 19.9 Å². The van der Waals surface area contributed by atoms with Crippen molar-refractivity contribution < 1.29 is 23.8 Å². The first kappa shape index (κ1) is 21.9. The van der Waals surface area contributed by atoms with E-state index in [0.29, 0.717) is 34.7 Å². The summed E-state index contributed by atoms with van der Waals surface area (Å²) >= 11 is 6.51. The van der Waals surface area contributed by atoms with Gasteiger partial charge in [0.1, 0.15) is 6.10 Å². The largest absolute Gasteiger partial charge is 0.479 e. The van der Waals surface area contributed by atoms with Crippen LogP contribution in [0.5, 0.6) is 6.01 Å². The highest BCUT2D eigenvalue weighted by molar-refractivity contribution is 6.33. The summed E-state index contributed by atoms with van der Waals surface area (Å²) in [5.74, 6) is -1.41. The van der Waals surface area contributed by atoms with Crippen LogP contribution in [0.3, 0.4) is 0 Å². The predicted molar refractivity (Wildman–Crippen MR) is 122 cm³/mol. The molecule has 1 aliphatic heterocycles. The molecule has 3 aromatic rings. The van der Waals surface area contributed by atoms with Gasteiger partial charge in [0.15, 0.2) is 5.65 Å². The summed E-state index contributed by atoms with van der Waals surface area (Å²) in [7, 11) is 0. The summed E-state index contributed by atoms with van der Waals surface area (Å²) in [4.78, 5) is 25.4. The summed E-state index contributed by atoms with van der Waals surface area (Å²) in [6.07, 6.45) is 0.129. The number of anilines is 1. The van der Waals surface area contributed by atoms with Gasteiger partial charge in [-0.05, 0) is 43.9 Å². The third-order valence-corrected chi connectivity index (χ3v) is 6.60. The molecule has 2 fully saturated rings. The van der Waals surface area contributed by atoms with Crippen LogP contribution in [0, 0.1) is 0 Å². The van der Waals surface area contributed by atoms with E-state index in [9.17, 15) is 9.18 Å². The molecule has 1 saturated carbocycles. The van der Waals surface area contributed by atoms with Gasteiger partial charge in [0, 0.05) is 24.3 Å². The zero-order valence-corrected chi connectivity index (χ0v) is 18.6. The smallest absolute Gasteiger partial charge is 0.341 e. The van der Waals surface area contributed by atoms with E-state index in [-0.39, 0.29) is 25.0 Å². The zero-order chi connectivity index (χ0) is 23.0. The first-order chi connectivity index (χ1) is 15.9. The summed E-state index contributed by atoms with van der Waals surface area (Å²) in [5, 5.41) is 9.52. The number of imidazole rings is 1. The van der Waals surface area contributed by atoms with Crippen molar-refractivity contribution in [1.82, 2.24) is 15.0 Å². The van der Waals surface area contributed by atoms with Crippen LogP contribution in [-0.2, 0) is 9.53 Å². The molecule has 1 aliphatic carbocycles. The maximum absolute atomic E-state index is 14.2. The second kappa shape index (κ2) is 8.79. The van der Waals surface area contributed by atoms with Crippen LogP contribution in [0.15, 0.2) is 30.3 Å². The number of aromatic nitrogens is 3. The lowest BCUT2D eigenvalue weighted by Crippen LogP contribution is -2.40. The van der Waals surface area contributed by atoms with Crippen molar-refractivity contribution in [1.29, 1.82) is 0 Å². The Balaban J connectivity index is 1.32. The number of benzene rings is 1. The van der Waals surface area contributed by atoms with E-state index in [1.165, 1.54) is 0 Å². The number of nitrogens with one attached hydrogen (secondary N) is 1. The normalized spacial score (nSPS) is 23.6. The molecule has 0 amide bonds. The molecule has 1 aromatic carbocycles. The van der Waals surface area contributed by atoms with Gasteiger partial charge < -0.3 is 24.5 Å². The molecule has 3 heterocycles. The average molecular weight is 475 g/mol. The van der Waals surface area contributed by atoms with Crippen molar-refractivity contribution in [3.63, 3.8) is 0 Å². The van der Waals surface area contributed by atoms with Gasteiger partial charge in [-0.1, -0.05) is 23.7 Å². The van der Waals surface area contributed by atoms with Gasteiger partial charge in [-0.25, -0.2) is 14.2 Å². The van der Waals surface area contributed by atoms with Crippen LogP contribution >= 0.6 is 11.6 Å². The number of aliphatic carboxylic acids is 1. The molecule has 174 valence electrons. The predicted octanol–water partition coefficient (Wildman–Crippen LogP) is 4.23. The van der Waals surface area contributed by atoms with E-state index in [1.54, 1.807) is 6.07 Å². The monoisotopic (exact) mass is 474 g/mol. The first-order valence-electron chi connectivity index (χ1n) is 11.0. The molecule has 1 saturated heterocycles. The topological polar surface area (TPSA) is 101 Å². The van der Waals surface area contributed by atoms with Gasteiger partial charge in [0.2, 0.25) is 5.67 Å². The number of carboxylic acid groups (broad SMARTS) is 1. The number of pyridine rings is 1. The van der Waals surface area contributed by atoms with Crippen LogP contribution in [-0.4, -0.2) is 64.1 Å². The van der Waals surface area contributed by atoms with Gasteiger partial charge in [0.05, 0.1) is 29.4 Å². The summed E-state index contributed by atoms with van der Waals surface area (Å²) in [5.41, 5.74) is 1.55. The number of hydrogen-bond donors (Lipinski definition) is 2. The number of H-pyrrole nitrogens is 1. The minimum absolute atomic E-state index is 0.0814. The van der Waals surface area contributed by atoms with E-state index in [0.717, 1.165) is 37.6 Å². The SMILES string of the molecule is O=C(O)[C@]1(F)CC[C@@H](Oc2nc3nc(-c4ccc(N5CCOCC5)cc4)c(Cl)cc3[nH]2)CC1. The van der Waals surface area contributed by atoms with Crippen molar-refractivity contribution in [3.05, 3.63) is 35.4 Å². The number of carboxylic acids is 1. The number of halogens is 2. The summed E-state index contributed by atoms with van der Waals surface area (Å²) in [6, 6.07) is 10.1. The van der Waals surface area contributed by atoms with Gasteiger partial charge in [-0.2, -0.15) is 4.98 Å². The quantitative estimate of drug-likeness (QED) is 0.570. The lowest BCUT2D eigenvalue weighted by molar-refractivity contribution is -0.154. The Bertz CT molecular complexity index is 1160. The average Bonchev–Trinajstić information content (AvgIpc) is 3.21. The second-order valence-electron chi connectivity index (χ2n) is 8.47. The maximum atomic E-state index is 14.2. The number of carbonyl (C=O) groups is 1. The van der Waals surface area contributed by atoms with Crippen LogP contribution < -0.4 is 9.64 Å². The molecule has 2 N–H and O–H groups in total. The molecule has 33 heavy (non-hydrogen) atoms. The number of nitrogens with zero attached hydrogens (tertiary/aromatic N) is 3. The molecule has 2 aliphatic rings. The number of hydrogen-bond acceptors (Lipinski definition) is 6. The fourth-order valence-corrected chi connectivity index (χ4v) is 4.60. The maximum Gasteiger partial charge on any atom is 0.341 e. The third-order valence-electron chi connectivity index (χ3n) is 6.31. The standard InChI is InChI=1S/C23H24ClFN4O4/c24-17-13-18-20(28-22(26-18)33-16-5-7-23(25,8-6-16)21(30)31)27-19(17)14-1-3-15(4-2-14)29-9-11-32-12-10-29/h1-4,13,16H,5-12H2,(H,30,31)(H,26,27,28)/t16-,23+. The molecule has 0 radical (unpaired) electrons. The lowest BCUT2D eigenvalue weighted by atomic mass is 9.85. The highest BCUT2D eigenvalue weighted by Crippen LogP contribution is 2.35. The molecule has 0 bridgehead atoms. The number of morpholine rings is 1. The number of fused-ring (bicyclic) bond motifs is 1. The molecule has 2 aromatic heterocycles. The Kier molecular flexibility index (Phi) is 5.84. The molecule has 0 unspecified atom stereocenters. The zero-order valence-electron chi connectivity index (χ0n) is 17.9. The lowest BCUT2D eigenvalue weighted by Gasteiger charge is -2.30. The highest BCUT2D eigenvalue weighted by Gasteiger charge is 2.43. The van der Waals surface area contributed by atoms with Crippen molar-refractivity contribution in [2.24, 2.45) is 0 Å². The van der Waals surface area contributed by atoms with Crippen molar-refractivity contribution in [2.75, 3.05) is 31.2 Å². The molecule has 8 nitrogen and oxygen atoms in total. The van der Waals surface area contributed by atoms with Gasteiger partial charge in [-0.3, -0.25) is 0 Å². The minimum Gasteiger partial charge on any atom is -0.479 e. The highest BCUT2D eigenvalue weighted by atomic mass is 35.5. The Morgan fingerprint density at radius 2 is 1.91 bits per heavy atom. The molecule has 10 heteroatoms. The van der Waals surface area contributed by atoms with E-state index in [1.807, 2.05) is 24.3 Å². The van der Waals surface area contributed by atoms with Gasteiger partial charge in [-0.15, -0.1) is 0 Å². The summed E-state index contributed by atoms with van der Waals surface area (Å²) in [6.45, 7) is 3.18. The number of rotatable bonds is 5. The number of ether oxygens (including phenoxy) is 2. The number of alkyl halides is 1. The Hall–Kier alpha value is -2.91. The minimum atomic E-state index is -2.17.